The van der Waals surface area contributed by atoms with E-state index in [4.69, 9.17) is 15.2 Å². The van der Waals surface area contributed by atoms with Gasteiger partial charge in [0.15, 0.2) is 0 Å². The molecule has 0 atom stereocenters. The summed E-state index contributed by atoms with van der Waals surface area (Å²) < 4.78 is 4.90. The van der Waals surface area contributed by atoms with E-state index in [0.29, 0.717) is 11.4 Å². The van der Waals surface area contributed by atoms with Crippen molar-refractivity contribution >= 4 is 5.69 Å². The zero-order valence-electron chi connectivity index (χ0n) is 9.96. The van der Waals surface area contributed by atoms with Crippen LogP contribution in [0.2, 0.25) is 0 Å². The fourth-order valence-electron chi connectivity index (χ4n) is 1.80. The number of ether oxygens (including phenoxy) is 1. The fraction of sp³-hybridized carbons (Fsp3) is 0.417. The summed E-state index contributed by atoms with van der Waals surface area (Å²) in [6.07, 6.45) is 1.66. The molecule has 0 unspecified atom stereocenters. The summed E-state index contributed by atoms with van der Waals surface area (Å²) in [5, 5.41) is 17.7. The predicted octanol–water partition coefficient (Wildman–Crippen LogP) is 3.09. The maximum absolute atomic E-state index is 9.14. The van der Waals surface area contributed by atoms with Crippen molar-refractivity contribution in [3.8, 4) is 12.0 Å². The molecular weight excluding hydrogens is 204 g/mol. The third-order valence-corrected chi connectivity index (χ3v) is 2.62. The van der Waals surface area contributed by atoms with Gasteiger partial charge in [0.05, 0.1) is 5.69 Å². The topological polar surface area (TPSA) is 65.3 Å². The molecule has 1 aromatic carbocycles. The van der Waals surface area contributed by atoms with E-state index in [9.17, 15) is 0 Å². The highest BCUT2D eigenvalue weighted by Crippen LogP contribution is 2.36. The first-order chi connectivity index (χ1) is 7.52. The van der Waals surface area contributed by atoms with Gasteiger partial charge in [0.25, 0.3) is 6.26 Å². The van der Waals surface area contributed by atoms with Crippen LogP contribution in [0.25, 0.3) is 0 Å². The number of aryl methyl sites for hydroxylation is 1. The number of nitrogens with one attached hydrogen (secondary N) is 1. The maximum atomic E-state index is 9.14. The molecule has 1 aromatic rings. The van der Waals surface area contributed by atoms with Gasteiger partial charge in [-0.3, -0.25) is 10.7 Å². The average molecular weight is 220 g/mol. The molecular formula is C12H16N2O2. The Bertz CT molecular complexity index is 434. The summed E-state index contributed by atoms with van der Waals surface area (Å²) in [4.78, 5) is 0. The second-order valence-electron chi connectivity index (χ2n) is 4.07. The maximum Gasteiger partial charge on any atom is 0.292 e. The molecule has 0 radical (unpaired) electrons. The van der Waals surface area contributed by atoms with Crippen LogP contribution in [0.3, 0.4) is 0 Å². The lowest BCUT2D eigenvalue weighted by molar-refractivity contribution is 0.386. The molecule has 0 heterocycles. The van der Waals surface area contributed by atoms with Gasteiger partial charge in [-0.05, 0) is 37.0 Å². The van der Waals surface area contributed by atoms with E-state index in [0.717, 1.165) is 16.7 Å². The molecule has 2 N–H and O–H groups in total. The Morgan fingerprint density at radius 2 is 2.06 bits per heavy atom. The van der Waals surface area contributed by atoms with Gasteiger partial charge in [-0.15, -0.1) is 5.26 Å². The zero-order chi connectivity index (χ0) is 12.3. The smallest absolute Gasteiger partial charge is 0.292 e. The van der Waals surface area contributed by atoms with Gasteiger partial charge in [-0.1, -0.05) is 13.8 Å². The summed E-state index contributed by atoms with van der Waals surface area (Å²) in [5.74, 6) is 0.784. The Balaban J connectivity index is 3.44. The molecule has 0 aliphatic carbocycles. The van der Waals surface area contributed by atoms with Gasteiger partial charge in [-0.25, -0.2) is 0 Å². The molecule has 0 fully saturated rings. The molecule has 0 bridgehead atoms. The summed E-state index contributed by atoms with van der Waals surface area (Å²) in [6.45, 7) is 7.77. The Morgan fingerprint density at radius 1 is 1.44 bits per heavy atom. The van der Waals surface area contributed by atoms with Gasteiger partial charge >= 0.3 is 0 Å². The quantitative estimate of drug-likeness (QED) is 0.606. The van der Waals surface area contributed by atoms with Crippen molar-refractivity contribution in [1.29, 1.82) is 5.26 Å². The number of hydrogen-bond acceptors (Lipinski definition) is 4. The molecule has 86 valence electrons. The number of rotatable bonds is 3. The molecule has 1 rings (SSSR count). The lowest BCUT2D eigenvalue weighted by atomic mass is 9.95. The van der Waals surface area contributed by atoms with Crippen molar-refractivity contribution in [1.82, 2.24) is 0 Å². The molecule has 4 nitrogen and oxygen atoms in total. The van der Waals surface area contributed by atoms with Crippen LogP contribution in [-0.2, 0) is 0 Å². The molecule has 0 saturated carbocycles. The van der Waals surface area contributed by atoms with Crippen molar-refractivity contribution < 1.29 is 9.94 Å². The normalized spacial score (nSPS) is 10.1. The van der Waals surface area contributed by atoms with Gasteiger partial charge in [-0.2, -0.15) is 0 Å². The van der Waals surface area contributed by atoms with Crippen LogP contribution < -0.4 is 10.2 Å². The van der Waals surface area contributed by atoms with Crippen molar-refractivity contribution in [3.05, 3.63) is 22.8 Å². The molecule has 0 aliphatic rings. The molecule has 0 spiro atoms. The molecule has 4 heteroatoms. The van der Waals surface area contributed by atoms with Gasteiger partial charge in [0, 0.05) is 5.56 Å². The van der Waals surface area contributed by atoms with Crippen molar-refractivity contribution in [2.45, 2.75) is 33.6 Å². The highest BCUT2D eigenvalue weighted by Gasteiger charge is 2.16. The van der Waals surface area contributed by atoms with Crippen LogP contribution in [0.4, 0.5) is 5.69 Å². The Kier molecular flexibility index (Phi) is 3.75. The summed E-state index contributed by atoms with van der Waals surface area (Å²) >= 11 is 0. The fourth-order valence-corrected chi connectivity index (χ4v) is 1.80. The van der Waals surface area contributed by atoms with E-state index < -0.39 is 0 Å². The van der Waals surface area contributed by atoms with E-state index in [1.807, 2.05) is 33.8 Å². The van der Waals surface area contributed by atoms with E-state index in [1.54, 1.807) is 6.26 Å². The minimum Gasteiger partial charge on any atom is -0.387 e. The monoisotopic (exact) mass is 220 g/mol. The average Bonchev–Trinajstić information content (AvgIpc) is 2.23. The van der Waals surface area contributed by atoms with Gasteiger partial charge in [0.2, 0.25) is 0 Å². The highest BCUT2D eigenvalue weighted by atomic mass is 16.5. The first kappa shape index (κ1) is 12.3. The van der Waals surface area contributed by atoms with E-state index in [1.165, 1.54) is 0 Å². The second kappa shape index (κ2) is 4.86. The van der Waals surface area contributed by atoms with Crippen LogP contribution in [0.1, 0.15) is 36.5 Å². The minimum absolute atomic E-state index is 0.281. The SMILES string of the molecule is Cc1cc(C(C)C)c(NO)c(C)c1OC#N. The molecule has 0 aromatic heterocycles. The van der Waals surface area contributed by atoms with Crippen molar-refractivity contribution in [2.75, 3.05) is 5.48 Å². The lowest BCUT2D eigenvalue weighted by Crippen LogP contribution is -2.04. The summed E-state index contributed by atoms with van der Waals surface area (Å²) in [6, 6.07) is 1.92. The largest absolute Gasteiger partial charge is 0.387 e. The molecule has 16 heavy (non-hydrogen) atoms. The number of hydrogen-bond donors (Lipinski definition) is 2. The lowest BCUT2D eigenvalue weighted by Gasteiger charge is -2.18. The van der Waals surface area contributed by atoms with E-state index in [2.05, 4.69) is 5.48 Å². The summed E-state index contributed by atoms with van der Waals surface area (Å²) in [7, 11) is 0. The highest BCUT2D eigenvalue weighted by molar-refractivity contribution is 5.64. The molecule has 0 amide bonds. The van der Waals surface area contributed by atoms with E-state index in [-0.39, 0.29) is 5.92 Å². The molecule has 0 aliphatic heterocycles. The third kappa shape index (κ3) is 2.10. The van der Waals surface area contributed by atoms with Crippen LogP contribution in [0.15, 0.2) is 6.07 Å². The van der Waals surface area contributed by atoms with Gasteiger partial charge < -0.3 is 4.74 Å². The zero-order valence-corrected chi connectivity index (χ0v) is 9.96. The number of nitriles is 1. The van der Waals surface area contributed by atoms with Gasteiger partial charge in [0.1, 0.15) is 5.75 Å². The Labute approximate surface area is 95.4 Å². The Hall–Kier alpha value is -1.73. The van der Waals surface area contributed by atoms with Crippen molar-refractivity contribution in [3.63, 3.8) is 0 Å². The number of benzene rings is 1. The third-order valence-electron chi connectivity index (χ3n) is 2.62. The second-order valence-corrected chi connectivity index (χ2v) is 4.07. The van der Waals surface area contributed by atoms with E-state index >= 15 is 0 Å². The predicted molar refractivity (Wildman–Crippen MR) is 61.7 cm³/mol. The number of nitrogens with zero attached hydrogens (tertiary/aromatic N) is 1. The summed E-state index contributed by atoms with van der Waals surface area (Å²) in [5.41, 5.74) is 5.43. The molecule has 0 saturated heterocycles. The van der Waals surface area contributed by atoms with Crippen LogP contribution in [0.5, 0.6) is 5.75 Å². The van der Waals surface area contributed by atoms with Crippen molar-refractivity contribution in [2.24, 2.45) is 0 Å². The first-order valence-corrected chi connectivity index (χ1v) is 5.13. The minimum atomic E-state index is 0.281. The number of anilines is 1. The van der Waals surface area contributed by atoms with Crippen LogP contribution in [0, 0.1) is 25.4 Å². The van der Waals surface area contributed by atoms with Crippen LogP contribution >= 0.6 is 0 Å². The Morgan fingerprint density at radius 3 is 2.50 bits per heavy atom. The standard InChI is InChI=1S/C12H16N2O2/c1-7(2)10-5-8(3)12(16-6-13)9(4)11(10)14-15/h5,7,14-15H,1-4H3. The van der Waals surface area contributed by atoms with Crippen LogP contribution in [-0.4, -0.2) is 5.21 Å². The first-order valence-electron chi connectivity index (χ1n) is 5.13.